The van der Waals surface area contributed by atoms with Gasteiger partial charge >= 0.3 is 0 Å². The van der Waals surface area contributed by atoms with E-state index in [2.05, 4.69) is 17.2 Å². The number of thiazole rings is 1. The highest BCUT2D eigenvalue weighted by molar-refractivity contribution is 7.15. The van der Waals surface area contributed by atoms with E-state index >= 15 is 0 Å². The van der Waals surface area contributed by atoms with Gasteiger partial charge in [0, 0.05) is 11.4 Å². The van der Waals surface area contributed by atoms with Gasteiger partial charge in [-0.3, -0.25) is 9.69 Å². The fourth-order valence-corrected chi connectivity index (χ4v) is 3.93. The molecule has 3 rings (SSSR count). The van der Waals surface area contributed by atoms with Crippen molar-refractivity contribution < 1.29 is 9.90 Å². The normalized spacial score (nSPS) is 26.5. The van der Waals surface area contributed by atoms with Crippen LogP contribution in [0.15, 0.2) is 0 Å². The van der Waals surface area contributed by atoms with E-state index in [0.717, 1.165) is 36.6 Å². The lowest BCUT2D eigenvalue weighted by Crippen LogP contribution is -2.45. The highest BCUT2D eigenvalue weighted by Gasteiger charge is 2.25. The predicted octanol–water partition coefficient (Wildman–Crippen LogP) is 1.27. The molecule has 2 N–H and O–H groups in total. The Balaban J connectivity index is 1.52. The quantitative estimate of drug-likeness (QED) is 0.881. The number of anilines is 1. The third-order valence-corrected chi connectivity index (χ3v) is 5.28. The van der Waals surface area contributed by atoms with Crippen LogP contribution in [0.5, 0.6) is 0 Å². The molecule has 2 atom stereocenters. The number of amides is 1. The Kier molecular flexibility index (Phi) is 4.05. The number of aliphatic hydroxyl groups excluding tert-OH is 1. The van der Waals surface area contributed by atoms with Gasteiger partial charge in [-0.05, 0) is 38.1 Å². The van der Waals surface area contributed by atoms with Crippen molar-refractivity contribution in [3.63, 3.8) is 0 Å². The lowest BCUT2D eigenvalue weighted by atomic mass is 9.96. The summed E-state index contributed by atoms with van der Waals surface area (Å²) in [5.74, 6) is 0.301. The minimum absolute atomic E-state index is 0.0285. The molecule has 5 nitrogen and oxygen atoms in total. The van der Waals surface area contributed by atoms with E-state index in [1.807, 2.05) is 4.90 Å². The molecular weight excluding hydrogens is 274 g/mol. The molecule has 0 radical (unpaired) electrons. The molecule has 1 aliphatic heterocycles. The van der Waals surface area contributed by atoms with Gasteiger partial charge in [-0.25, -0.2) is 4.98 Å². The topological polar surface area (TPSA) is 65.5 Å². The summed E-state index contributed by atoms with van der Waals surface area (Å²) in [5, 5.41) is 13.5. The number of piperidine rings is 1. The van der Waals surface area contributed by atoms with Crippen molar-refractivity contribution in [3.8, 4) is 0 Å². The van der Waals surface area contributed by atoms with Gasteiger partial charge < -0.3 is 10.4 Å². The molecule has 0 saturated carbocycles. The van der Waals surface area contributed by atoms with Crippen LogP contribution >= 0.6 is 11.3 Å². The summed E-state index contributed by atoms with van der Waals surface area (Å²) >= 11 is 1.60. The van der Waals surface area contributed by atoms with Crippen molar-refractivity contribution in [2.75, 3.05) is 25.0 Å². The van der Waals surface area contributed by atoms with Crippen LogP contribution in [-0.4, -0.2) is 46.6 Å². The standard InChI is InChI=1S/C14H21N3O2S/c1-9-5-6-17(7-11(9)18)8-13(19)16-14-15-10-3-2-4-12(10)20-14/h9,11,18H,2-8H2,1H3,(H,15,16,19). The first-order valence-electron chi connectivity index (χ1n) is 7.30. The Hall–Kier alpha value is -0.980. The van der Waals surface area contributed by atoms with E-state index in [1.165, 1.54) is 11.3 Å². The lowest BCUT2D eigenvalue weighted by molar-refractivity contribution is -0.118. The number of fused-ring (bicyclic) bond motifs is 1. The van der Waals surface area contributed by atoms with Gasteiger partial charge in [0.15, 0.2) is 5.13 Å². The zero-order valence-corrected chi connectivity index (χ0v) is 12.6. The Morgan fingerprint density at radius 1 is 1.55 bits per heavy atom. The first kappa shape index (κ1) is 14.0. The maximum atomic E-state index is 12.0. The molecule has 1 saturated heterocycles. The molecule has 2 aliphatic rings. The van der Waals surface area contributed by atoms with Gasteiger partial charge in [-0.15, -0.1) is 11.3 Å². The molecule has 2 unspecified atom stereocenters. The van der Waals surface area contributed by atoms with Crippen molar-refractivity contribution in [2.45, 2.75) is 38.7 Å². The third-order valence-electron chi connectivity index (χ3n) is 4.21. The van der Waals surface area contributed by atoms with E-state index < -0.39 is 0 Å². The molecule has 1 amide bonds. The Labute approximate surface area is 123 Å². The molecule has 2 heterocycles. The van der Waals surface area contributed by atoms with Gasteiger partial charge in [-0.2, -0.15) is 0 Å². The van der Waals surface area contributed by atoms with Crippen LogP contribution < -0.4 is 5.32 Å². The molecule has 1 fully saturated rings. The van der Waals surface area contributed by atoms with Gasteiger partial charge in [-0.1, -0.05) is 6.92 Å². The van der Waals surface area contributed by atoms with Crippen LogP contribution in [0.25, 0.3) is 0 Å². The average molecular weight is 295 g/mol. The number of aliphatic hydroxyl groups is 1. The number of rotatable bonds is 3. The van der Waals surface area contributed by atoms with Crippen molar-refractivity contribution in [3.05, 3.63) is 10.6 Å². The van der Waals surface area contributed by atoms with E-state index in [1.54, 1.807) is 11.3 Å². The second-order valence-corrected chi connectivity index (χ2v) is 6.94. The summed E-state index contributed by atoms with van der Waals surface area (Å²) < 4.78 is 0. The summed E-state index contributed by atoms with van der Waals surface area (Å²) in [7, 11) is 0. The molecule has 110 valence electrons. The number of hydrogen-bond acceptors (Lipinski definition) is 5. The number of hydrogen-bond donors (Lipinski definition) is 2. The number of nitrogens with one attached hydrogen (secondary N) is 1. The van der Waals surface area contributed by atoms with E-state index in [-0.39, 0.29) is 12.0 Å². The first-order chi connectivity index (χ1) is 9.61. The summed E-state index contributed by atoms with van der Waals surface area (Å²) in [6.45, 7) is 3.86. The molecule has 0 spiro atoms. The number of β-amino-alcohol motifs (C(OH)–C–C–N with tert-alkyl or cyclic N) is 1. The Bertz CT molecular complexity index is 481. The van der Waals surface area contributed by atoms with Gasteiger partial charge in [0.25, 0.3) is 0 Å². The minimum atomic E-state index is -0.319. The number of nitrogens with zero attached hydrogens (tertiary/aromatic N) is 2. The Morgan fingerprint density at radius 2 is 2.40 bits per heavy atom. The van der Waals surface area contributed by atoms with Crippen LogP contribution in [0.1, 0.15) is 30.3 Å². The Morgan fingerprint density at radius 3 is 3.15 bits per heavy atom. The molecule has 1 aromatic heterocycles. The number of carbonyl (C=O) groups is 1. The van der Waals surface area contributed by atoms with E-state index in [9.17, 15) is 9.90 Å². The molecule has 1 aromatic rings. The number of likely N-dealkylation sites (tertiary alicyclic amines) is 1. The average Bonchev–Trinajstić information content (AvgIpc) is 2.94. The van der Waals surface area contributed by atoms with E-state index in [4.69, 9.17) is 0 Å². The largest absolute Gasteiger partial charge is 0.392 e. The number of carbonyl (C=O) groups excluding carboxylic acids is 1. The van der Waals surface area contributed by atoms with Crippen LogP contribution in [0, 0.1) is 5.92 Å². The second kappa shape index (κ2) is 5.79. The number of aromatic nitrogens is 1. The van der Waals surface area contributed by atoms with Gasteiger partial charge in [0.05, 0.1) is 18.3 Å². The van der Waals surface area contributed by atoms with Crippen LogP contribution in [0.2, 0.25) is 0 Å². The fraction of sp³-hybridized carbons (Fsp3) is 0.714. The second-order valence-electron chi connectivity index (χ2n) is 5.86. The van der Waals surface area contributed by atoms with Crippen LogP contribution in [-0.2, 0) is 17.6 Å². The predicted molar refractivity (Wildman–Crippen MR) is 79.0 cm³/mol. The van der Waals surface area contributed by atoms with E-state index in [0.29, 0.717) is 19.0 Å². The summed E-state index contributed by atoms with van der Waals surface area (Å²) in [6.07, 6.45) is 3.95. The summed E-state index contributed by atoms with van der Waals surface area (Å²) in [6, 6.07) is 0. The number of aryl methyl sites for hydroxylation is 2. The first-order valence-corrected chi connectivity index (χ1v) is 8.12. The van der Waals surface area contributed by atoms with Crippen LogP contribution in [0.3, 0.4) is 0 Å². The smallest absolute Gasteiger partial charge is 0.240 e. The zero-order valence-electron chi connectivity index (χ0n) is 11.8. The molecule has 20 heavy (non-hydrogen) atoms. The van der Waals surface area contributed by atoms with Gasteiger partial charge in [0.2, 0.25) is 5.91 Å². The fourth-order valence-electron chi connectivity index (χ4n) is 2.86. The molecule has 6 heteroatoms. The van der Waals surface area contributed by atoms with Crippen LogP contribution in [0.4, 0.5) is 5.13 Å². The maximum absolute atomic E-state index is 12.0. The molecular formula is C14H21N3O2S. The monoisotopic (exact) mass is 295 g/mol. The summed E-state index contributed by atoms with van der Waals surface area (Å²) in [5.41, 5.74) is 1.16. The minimum Gasteiger partial charge on any atom is -0.392 e. The maximum Gasteiger partial charge on any atom is 0.240 e. The molecule has 0 aromatic carbocycles. The molecule has 1 aliphatic carbocycles. The zero-order chi connectivity index (χ0) is 14.1. The van der Waals surface area contributed by atoms with Crippen molar-refractivity contribution >= 4 is 22.4 Å². The SMILES string of the molecule is CC1CCN(CC(=O)Nc2nc3c(s2)CCC3)CC1O. The van der Waals surface area contributed by atoms with Crippen molar-refractivity contribution in [1.29, 1.82) is 0 Å². The highest BCUT2D eigenvalue weighted by Crippen LogP contribution is 2.30. The highest BCUT2D eigenvalue weighted by atomic mass is 32.1. The van der Waals surface area contributed by atoms with Crippen molar-refractivity contribution in [2.24, 2.45) is 5.92 Å². The lowest BCUT2D eigenvalue weighted by Gasteiger charge is -2.33. The summed E-state index contributed by atoms with van der Waals surface area (Å²) in [4.78, 5) is 19.8. The third kappa shape index (κ3) is 3.02. The molecule has 0 bridgehead atoms. The van der Waals surface area contributed by atoms with Gasteiger partial charge in [0.1, 0.15) is 0 Å². The van der Waals surface area contributed by atoms with Crippen molar-refractivity contribution in [1.82, 2.24) is 9.88 Å².